The molecular weight excluding hydrogens is 283 g/mol. The Balaban J connectivity index is 1.79. The Morgan fingerprint density at radius 3 is 2.45 bits per heavy atom. The monoisotopic (exact) mass is 312 g/mol. The molecule has 2 fully saturated rings. The van der Waals surface area contributed by atoms with Gasteiger partial charge in [0.15, 0.2) is 0 Å². The molecule has 2 heterocycles. The molecule has 7 heteroatoms. The lowest BCUT2D eigenvalue weighted by molar-refractivity contribution is -0.143. The van der Waals surface area contributed by atoms with Crippen molar-refractivity contribution >= 4 is 13.1 Å². The van der Waals surface area contributed by atoms with Crippen molar-refractivity contribution < 1.29 is 19.9 Å². The molecular formula is C15H29BN2O4. The van der Waals surface area contributed by atoms with E-state index < -0.39 is 19.1 Å². The minimum Gasteiger partial charge on any atom is -0.480 e. The van der Waals surface area contributed by atoms with Crippen LogP contribution in [0.4, 0.5) is 0 Å². The highest BCUT2D eigenvalue weighted by molar-refractivity contribution is 6.40. The Morgan fingerprint density at radius 2 is 1.82 bits per heavy atom. The van der Waals surface area contributed by atoms with E-state index in [9.17, 15) is 9.90 Å². The summed E-state index contributed by atoms with van der Waals surface area (Å²) >= 11 is 0. The van der Waals surface area contributed by atoms with Crippen molar-refractivity contribution in [3.05, 3.63) is 0 Å². The van der Waals surface area contributed by atoms with Crippen LogP contribution in [0, 0.1) is 5.92 Å². The van der Waals surface area contributed by atoms with Crippen molar-refractivity contribution in [1.29, 1.82) is 0 Å². The van der Waals surface area contributed by atoms with E-state index in [1.54, 1.807) is 0 Å². The highest BCUT2D eigenvalue weighted by atomic mass is 16.4. The molecule has 6 nitrogen and oxygen atoms in total. The van der Waals surface area contributed by atoms with Crippen LogP contribution < -0.4 is 0 Å². The van der Waals surface area contributed by atoms with Crippen LogP contribution in [0.15, 0.2) is 0 Å². The predicted octanol–water partition coefficient (Wildman–Crippen LogP) is 0.500. The van der Waals surface area contributed by atoms with Gasteiger partial charge < -0.3 is 20.1 Å². The molecule has 2 saturated heterocycles. The first-order chi connectivity index (χ1) is 10.6. The number of nitrogens with zero attached hydrogens (tertiary/aromatic N) is 2. The number of carbonyl (C=O) groups is 1. The fourth-order valence-electron chi connectivity index (χ4n) is 3.85. The number of hydrogen-bond donors (Lipinski definition) is 3. The van der Waals surface area contributed by atoms with Crippen molar-refractivity contribution in [2.24, 2.45) is 5.92 Å². The van der Waals surface area contributed by atoms with Crippen LogP contribution in [0.2, 0.25) is 6.32 Å². The number of carboxylic acid groups (broad SMARTS) is 1. The third-order valence-electron chi connectivity index (χ3n) is 5.07. The van der Waals surface area contributed by atoms with Gasteiger partial charge in [0.25, 0.3) is 0 Å². The first kappa shape index (κ1) is 17.7. The van der Waals surface area contributed by atoms with Gasteiger partial charge in [-0.05, 0) is 57.6 Å². The molecule has 0 radical (unpaired) electrons. The number of rotatable bonds is 8. The number of piperidine rings is 1. The highest BCUT2D eigenvalue weighted by Crippen LogP contribution is 2.29. The first-order valence-corrected chi connectivity index (χ1v) is 8.63. The standard InChI is InChI=1S/C15H29BN2O4/c19-15(20)14-13(5-4-7-16(21)22)6-10-18(14)12-11-17-8-2-1-3-9-17/h13-14,21-22H,1-12H2,(H,19,20). The normalized spacial score (nSPS) is 27.2. The summed E-state index contributed by atoms with van der Waals surface area (Å²) in [5.41, 5.74) is 0. The smallest absolute Gasteiger partial charge is 0.451 e. The second-order valence-corrected chi connectivity index (χ2v) is 6.68. The van der Waals surface area contributed by atoms with E-state index in [4.69, 9.17) is 10.0 Å². The summed E-state index contributed by atoms with van der Waals surface area (Å²) in [6, 6.07) is -0.402. The van der Waals surface area contributed by atoms with Crippen molar-refractivity contribution in [3.8, 4) is 0 Å². The molecule has 2 rings (SSSR count). The molecule has 0 saturated carbocycles. The maximum atomic E-state index is 11.6. The largest absolute Gasteiger partial charge is 0.480 e. The first-order valence-electron chi connectivity index (χ1n) is 8.63. The molecule has 2 atom stereocenters. The van der Waals surface area contributed by atoms with Crippen molar-refractivity contribution in [2.45, 2.75) is 50.9 Å². The molecule has 0 aliphatic carbocycles. The van der Waals surface area contributed by atoms with Crippen molar-refractivity contribution in [1.82, 2.24) is 9.80 Å². The average molecular weight is 312 g/mol. The lowest BCUT2D eigenvalue weighted by Crippen LogP contribution is -2.44. The van der Waals surface area contributed by atoms with E-state index in [1.165, 1.54) is 19.3 Å². The lowest BCUT2D eigenvalue weighted by Gasteiger charge is -2.30. The van der Waals surface area contributed by atoms with Gasteiger partial charge in [0.05, 0.1) is 0 Å². The van der Waals surface area contributed by atoms with Crippen LogP contribution in [0.3, 0.4) is 0 Å². The second kappa shape index (κ2) is 8.86. The van der Waals surface area contributed by atoms with Gasteiger partial charge in [-0.25, -0.2) is 0 Å². The van der Waals surface area contributed by atoms with E-state index in [0.29, 0.717) is 12.7 Å². The minimum atomic E-state index is -1.28. The molecule has 0 aromatic carbocycles. The fourth-order valence-corrected chi connectivity index (χ4v) is 3.85. The summed E-state index contributed by atoms with van der Waals surface area (Å²) in [4.78, 5) is 16.2. The van der Waals surface area contributed by atoms with E-state index >= 15 is 0 Å². The summed E-state index contributed by atoms with van der Waals surface area (Å²) in [7, 11) is -1.28. The third kappa shape index (κ3) is 5.23. The summed E-state index contributed by atoms with van der Waals surface area (Å²) in [6.45, 7) is 4.92. The van der Waals surface area contributed by atoms with Gasteiger partial charge in [0.1, 0.15) is 6.04 Å². The summed E-state index contributed by atoms with van der Waals surface area (Å²) in [5, 5.41) is 27.4. The van der Waals surface area contributed by atoms with Gasteiger partial charge in [0.2, 0.25) is 0 Å². The van der Waals surface area contributed by atoms with Crippen molar-refractivity contribution in [2.75, 3.05) is 32.7 Å². The maximum Gasteiger partial charge on any atom is 0.451 e. The van der Waals surface area contributed by atoms with Crippen LogP contribution >= 0.6 is 0 Å². The van der Waals surface area contributed by atoms with Crippen LogP contribution in [0.25, 0.3) is 0 Å². The number of likely N-dealkylation sites (tertiary alicyclic amines) is 2. The zero-order valence-electron chi connectivity index (χ0n) is 13.4. The van der Waals surface area contributed by atoms with Crippen LogP contribution in [-0.4, -0.2) is 76.8 Å². The average Bonchev–Trinajstić information content (AvgIpc) is 2.89. The molecule has 2 aliphatic rings. The zero-order chi connectivity index (χ0) is 15.9. The predicted molar refractivity (Wildman–Crippen MR) is 85.6 cm³/mol. The SMILES string of the molecule is O=C(O)C1C(CCCB(O)O)CCN1CCN1CCCCC1. The Kier molecular flexibility index (Phi) is 7.14. The lowest BCUT2D eigenvalue weighted by atomic mass is 9.81. The van der Waals surface area contributed by atoms with Crippen molar-refractivity contribution in [3.63, 3.8) is 0 Å². The van der Waals surface area contributed by atoms with Crippen LogP contribution in [0.5, 0.6) is 0 Å². The molecule has 2 aliphatic heterocycles. The molecule has 0 bridgehead atoms. The van der Waals surface area contributed by atoms with Gasteiger partial charge in [-0.1, -0.05) is 12.8 Å². The van der Waals surface area contributed by atoms with Gasteiger partial charge >= 0.3 is 13.1 Å². The molecule has 126 valence electrons. The van der Waals surface area contributed by atoms with E-state index in [0.717, 1.165) is 45.6 Å². The Morgan fingerprint density at radius 1 is 1.09 bits per heavy atom. The topological polar surface area (TPSA) is 84.2 Å². The van der Waals surface area contributed by atoms with Crippen LogP contribution in [0.1, 0.15) is 38.5 Å². The van der Waals surface area contributed by atoms with E-state index in [-0.39, 0.29) is 5.92 Å². The minimum absolute atomic E-state index is 0.137. The zero-order valence-corrected chi connectivity index (χ0v) is 13.4. The summed E-state index contributed by atoms with van der Waals surface area (Å²) < 4.78 is 0. The molecule has 0 amide bonds. The van der Waals surface area contributed by atoms with E-state index in [2.05, 4.69) is 9.80 Å². The fraction of sp³-hybridized carbons (Fsp3) is 0.933. The second-order valence-electron chi connectivity index (χ2n) is 6.68. The van der Waals surface area contributed by atoms with Gasteiger partial charge in [-0.15, -0.1) is 0 Å². The Hall–Kier alpha value is -0.625. The van der Waals surface area contributed by atoms with E-state index in [1.807, 2.05) is 0 Å². The molecule has 3 N–H and O–H groups in total. The molecule has 0 aromatic heterocycles. The van der Waals surface area contributed by atoms with Gasteiger partial charge in [-0.3, -0.25) is 9.69 Å². The highest BCUT2D eigenvalue weighted by Gasteiger charge is 2.38. The van der Waals surface area contributed by atoms with Gasteiger partial charge in [-0.2, -0.15) is 0 Å². The summed E-state index contributed by atoms with van der Waals surface area (Å²) in [5.74, 6) is -0.594. The molecule has 0 aromatic rings. The number of aliphatic carboxylic acids is 1. The summed E-state index contributed by atoms with van der Waals surface area (Å²) in [6.07, 6.45) is 6.50. The molecule has 2 unspecified atom stereocenters. The quantitative estimate of drug-likeness (QED) is 0.566. The van der Waals surface area contributed by atoms with Gasteiger partial charge in [0, 0.05) is 13.1 Å². The number of hydrogen-bond acceptors (Lipinski definition) is 5. The maximum absolute atomic E-state index is 11.6. The van der Waals surface area contributed by atoms with Crippen LogP contribution in [-0.2, 0) is 4.79 Å². The molecule has 0 spiro atoms. The molecule has 22 heavy (non-hydrogen) atoms. The number of carboxylic acids is 1. The Bertz CT molecular complexity index is 350. The Labute approximate surface area is 133 Å². The third-order valence-corrected chi connectivity index (χ3v) is 5.07.